The lowest BCUT2D eigenvalue weighted by atomic mass is 9.76. The van der Waals surface area contributed by atoms with E-state index in [1.807, 2.05) is 34.6 Å². The quantitative estimate of drug-likeness (QED) is 0.806. The molecule has 0 bridgehead atoms. The zero-order chi connectivity index (χ0) is 19.5. The monoisotopic (exact) mass is 387 g/mol. The second-order valence-corrected chi connectivity index (χ2v) is 9.90. The molecule has 2 fully saturated rings. The van der Waals surface area contributed by atoms with E-state index in [0.29, 0.717) is 5.46 Å². The number of halogens is 2. The van der Waals surface area contributed by atoms with Crippen LogP contribution in [0, 0.1) is 6.92 Å². The van der Waals surface area contributed by atoms with Gasteiger partial charge in [-0.15, -0.1) is 0 Å². The van der Waals surface area contributed by atoms with Crippen molar-refractivity contribution in [2.24, 2.45) is 0 Å². The summed E-state index contributed by atoms with van der Waals surface area (Å²) in [4.78, 5) is 0.0167. The van der Waals surface area contributed by atoms with Crippen molar-refractivity contribution in [1.82, 2.24) is 4.72 Å². The summed E-state index contributed by atoms with van der Waals surface area (Å²) >= 11 is 0. The first kappa shape index (κ1) is 19.7. The predicted octanol–water partition coefficient (Wildman–Crippen LogP) is 2.37. The van der Waals surface area contributed by atoms with Crippen LogP contribution in [0.25, 0.3) is 0 Å². The number of alkyl halides is 2. The second-order valence-electron chi connectivity index (χ2n) is 8.19. The molecule has 0 unspecified atom stereocenters. The molecule has 1 aliphatic heterocycles. The lowest BCUT2D eigenvalue weighted by molar-refractivity contribution is -0.0876. The van der Waals surface area contributed by atoms with Gasteiger partial charge in [0.15, 0.2) is 0 Å². The van der Waals surface area contributed by atoms with E-state index in [0.717, 1.165) is 5.56 Å². The van der Waals surface area contributed by atoms with Crippen LogP contribution in [0.2, 0.25) is 0 Å². The Labute approximate surface area is 153 Å². The third-order valence-corrected chi connectivity index (χ3v) is 7.00. The van der Waals surface area contributed by atoms with Gasteiger partial charge in [0.2, 0.25) is 10.0 Å². The van der Waals surface area contributed by atoms with E-state index in [2.05, 4.69) is 4.72 Å². The minimum Gasteiger partial charge on any atom is -0.399 e. The highest BCUT2D eigenvalue weighted by atomic mass is 32.2. The van der Waals surface area contributed by atoms with Crippen molar-refractivity contribution in [3.63, 3.8) is 0 Å². The van der Waals surface area contributed by atoms with Gasteiger partial charge in [-0.2, -0.15) is 0 Å². The summed E-state index contributed by atoms with van der Waals surface area (Å²) in [5.74, 6) is -2.78. The molecule has 1 N–H and O–H groups in total. The highest BCUT2D eigenvalue weighted by Crippen LogP contribution is 2.38. The maximum atomic E-state index is 13.0. The van der Waals surface area contributed by atoms with Crippen LogP contribution in [0.15, 0.2) is 23.1 Å². The van der Waals surface area contributed by atoms with Gasteiger partial charge in [0.1, 0.15) is 0 Å². The molecule has 2 aliphatic rings. The Bertz CT molecular complexity index is 802. The topological polar surface area (TPSA) is 64.6 Å². The minimum atomic E-state index is -3.89. The zero-order valence-electron chi connectivity index (χ0n) is 15.6. The van der Waals surface area contributed by atoms with Gasteiger partial charge in [0, 0.05) is 18.9 Å². The van der Waals surface area contributed by atoms with Crippen molar-refractivity contribution >= 4 is 22.6 Å². The number of nitrogens with one attached hydrogen (secondary N) is 1. The second kappa shape index (κ2) is 5.99. The van der Waals surface area contributed by atoms with Crippen LogP contribution in [0.5, 0.6) is 0 Å². The smallest absolute Gasteiger partial charge is 0.399 e. The molecular weight excluding hydrogens is 363 g/mol. The van der Waals surface area contributed by atoms with Crippen molar-refractivity contribution in [3.8, 4) is 0 Å². The molecule has 0 atom stereocenters. The summed E-state index contributed by atoms with van der Waals surface area (Å²) in [5, 5.41) is 0. The average Bonchev–Trinajstić information content (AvgIpc) is 2.65. The highest BCUT2D eigenvalue weighted by Gasteiger charge is 2.52. The lowest BCUT2D eigenvalue weighted by Crippen LogP contribution is -2.50. The van der Waals surface area contributed by atoms with Crippen molar-refractivity contribution in [2.75, 3.05) is 0 Å². The Kier molecular flexibility index (Phi) is 4.54. The summed E-state index contributed by atoms with van der Waals surface area (Å²) in [6.45, 7) is 9.52. The number of benzene rings is 1. The van der Waals surface area contributed by atoms with E-state index >= 15 is 0 Å². The van der Waals surface area contributed by atoms with Gasteiger partial charge in [-0.25, -0.2) is 21.9 Å². The zero-order valence-corrected chi connectivity index (χ0v) is 16.4. The summed E-state index contributed by atoms with van der Waals surface area (Å²) in [6, 6.07) is 3.89. The van der Waals surface area contributed by atoms with E-state index in [-0.39, 0.29) is 4.90 Å². The van der Waals surface area contributed by atoms with Crippen LogP contribution in [0.4, 0.5) is 8.78 Å². The maximum absolute atomic E-state index is 13.0. The van der Waals surface area contributed by atoms with Crippen LogP contribution in [-0.2, 0) is 19.3 Å². The molecule has 1 aromatic carbocycles. The van der Waals surface area contributed by atoms with Gasteiger partial charge in [0.25, 0.3) is 5.92 Å². The molecule has 5 nitrogen and oxygen atoms in total. The third kappa shape index (κ3) is 3.54. The Hall–Kier alpha value is -1.03. The van der Waals surface area contributed by atoms with Crippen molar-refractivity contribution in [1.29, 1.82) is 0 Å². The van der Waals surface area contributed by atoms with Gasteiger partial charge in [-0.1, -0.05) is 11.6 Å². The summed E-state index contributed by atoms with van der Waals surface area (Å²) < 4.78 is 65.4. The van der Waals surface area contributed by atoms with Gasteiger partial charge in [0.05, 0.1) is 16.1 Å². The minimum absolute atomic E-state index is 0.0167. The molecule has 0 amide bonds. The van der Waals surface area contributed by atoms with Crippen molar-refractivity contribution in [2.45, 2.75) is 75.5 Å². The highest BCUT2D eigenvalue weighted by molar-refractivity contribution is 7.89. The molecule has 1 saturated heterocycles. The lowest BCUT2D eigenvalue weighted by Gasteiger charge is -2.35. The van der Waals surface area contributed by atoms with E-state index in [1.54, 1.807) is 6.07 Å². The summed E-state index contributed by atoms with van der Waals surface area (Å²) in [5.41, 5.74) is 0.354. The normalized spacial score (nSPS) is 24.5. The molecule has 9 heteroatoms. The first-order valence-corrected chi connectivity index (χ1v) is 10.1. The van der Waals surface area contributed by atoms with Crippen LogP contribution >= 0.6 is 0 Å². The number of aryl methyl sites for hydroxylation is 1. The standard InChI is InChI=1S/C17H24BF2NO4S/c1-11-6-7-13(26(22,23)21-12-9-17(19,20)10-12)8-14(11)18-24-15(2,3)16(4,5)25-18/h6-8,12,21H,9-10H2,1-5H3. The molecule has 0 radical (unpaired) electrons. The molecule has 1 aliphatic carbocycles. The molecule has 1 saturated carbocycles. The van der Waals surface area contributed by atoms with Crippen molar-refractivity contribution < 1.29 is 26.5 Å². The molecule has 1 heterocycles. The van der Waals surface area contributed by atoms with Crippen LogP contribution < -0.4 is 10.2 Å². The predicted molar refractivity (Wildman–Crippen MR) is 95.2 cm³/mol. The maximum Gasteiger partial charge on any atom is 0.495 e. The number of sulfonamides is 1. The van der Waals surface area contributed by atoms with Crippen molar-refractivity contribution in [3.05, 3.63) is 23.8 Å². The fourth-order valence-corrected chi connectivity index (χ4v) is 4.31. The van der Waals surface area contributed by atoms with Crippen LogP contribution in [0.1, 0.15) is 46.1 Å². The van der Waals surface area contributed by atoms with Gasteiger partial charge >= 0.3 is 7.12 Å². The first-order valence-electron chi connectivity index (χ1n) is 8.59. The Morgan fingerprint density at radius 3 is 2.15 bits per heavy atom. The SMILES string of the molecule is Cc1ccc(S(=O)(=O)NC2CC(F)(F)C2)cc1B1OC(C)(C)C(C)(C)O1. The Morgan fingerprint density at radius 1 is 1.12 bits per heavy atom. The fraction of sp³-hybridized carbons (Fsp3) is 0.647. The van der Waals surface area contributed by atoms with Crippen LogP contribution in [0.3, 0.4) is 0 Å². The molecule has 144 valence electrons. The van der Waals surface area contributed by atoms with E-state index in [4.69, 9.17) is 9.31 Å². The number of rotatable bonds is 4. The van der Waals surface area contributed by atoms with Gasteiger partial charge in [-0.05, 0) is 52.2 Å². The molecule has 1 aromatic rings. The first-order chi connectivity index (χ1) is 11.7. The summed E-state index contributed by atoms with van der Waals surface area (Å²) in [7, 11) is -4.58. The molecular formula is C17H24BF2NO4S. The van der Waals surface area contributed by atoms with E-state index in [1.165, 1.54) is 12.1 Å². The molecule has 3 rings (SSSR count). The summed E-state index contributed by atoms with van der Waals surface area (Å²) in [6.07, 6.45) is -0.940. The average molecular weight is 387 g/mol. The van der Waals surface area contributed by atoms with Gasteiger partial charge in [-0.3, -0.25) is 0 Å². The molecule has 26 heavy (non-hydrogen) atoms. The fourth-order valence-electron chi connectivity index (χ4n) is 3.04. The van der Waals surface area contributed by atoms with Crippen LogP contribution in [-0.4, -0.2) is 38.7 Å². The number of hydrogen-bond donors (Lipinski definition) is 1. The Morgan fingerprint density at radius 2 is 1.65 bits per heavy atom. The van der Waals surface area contributed by atoms with E-state index in [9.17, 15) is 17.2 Å². The molecule has 0 aromatic heterocycles. The third-order valence-electron chi connectivity index (χ3n) is 5.48. The largest absolute Gasteiger partial charge is 0.495 e. The van der Waals surface area contributed by atoms with Gasteiger partial charge < -0.3 is 9.31 Å². The van der Waals surface area contributed by atoms with E-state index < -0.39 is 53.1 Å². The molecule has 0 spiro atoms. The number of hydrogen-bond acceptors (Lipinski definition) is 4. The Balaban J connectivity index is 1.84.